The first-order chi connectivity index (χ1) is 9.70. The molecule has 2 unspecified atom stereocenters. The highest BCUT2D eigenvalue weighted by Gasteiger charge is 2.22. The van der Waals surface area contributed by atoms with E-state index in [1.54, 1.807) is 0 Å². The number of piperidine rings is 1. The van der Waals surface area contributed by atoms with E-state index >= 15 is 0 Å². The van der Waals surface area contributed by atoms with Gasteiger partial charge in [-0.15, -0.1) is 0 Å². The molecule has 2 rings (SSSR count). The van der Waals surface area contributed by atoms with Crippen LogP contribution in [-0.4, -0.2) is 31.1 Å². The Morgan fingerprint density at radius 3 is 3.00 bits per heavy atom. The number of nitrogens with one attached hydrogen (secondary N) is 2. The van der Waals surface area contributed by atoms with E-state index in [2.05, 4.69) is 24.5 Å². The van der Waals surface area contributed by atoms with E-state index in [9.17, 15) is 4.79 Å². The number of amides is 1. The molecule has 0 aliphatic carbocycles. The number of hydrogen-bond donors (Lipinski definition) is 2. The van der Waals surface area contributed by atoms with Gasteiger partial charge in [0.15, 0.2) is 6.61 Å². The molecule has 1 heterocycles. The van der Waals surface area contributed by atoms with E-state index in [0.717, 1.165) is 37.1 Å². The number of carbonyl (C=O) groups excluding carboxylic acids is 1. The Balaban J connectivity index is 1.82. The minimum absolute atomic E-state index is 0.0449. The maximum atomic E-state index is 12.0. The van der Waals surface area contributed by atoms with Crippen molar-refractivity contribution in [1.29, 1.82) is 0 Å². The van der Waals surface area contributed by atoms with Crippen LogP contribution in [0.1, 0.15) is 32.3 Å². The topological polar surface area (TPSA) is 50.4 Å². The molecule has 0 spiro atoms. The first-order valence-electron chi connectivity index (χ1n) is 7.44. The van der Waals surface area contributed by atoms with Crippen molar-refractivity contribution in [3.63, 3.8) is 0 Å². The zero-order valence-corrected chi connectivity index (χ0v) is 12.3. The fraction of sp³-hybridized carbons (Fsp3) is 0.562. The molecule has 1 aromatic carbocycles. The number of benzene rings is 1. The van der Waals surface area contributed by atoms with Crippen LogP contribution in [0.2, 0.25) is 0 Å². The second kappa shape index (κ2) is 7.29. The Labute approximate surface area is 120 Å². The lowest BCUT2D eigenvalue weighted by Gasteiger charge is -2.30. The lowest BCUT2D eigenvalue weighted by Crippen LogP contribution is -2.52. The van der Waals surface area contributed by atoms with Crippen molar-refractivity contribution < 1.29 is 9.53 Å². The summed E-state index contributed by atoms with van der Waals surface area (Å²) in [5.41, 5.74) is 1.13. The number of aryl methyl sites for hydroxylation is 1. The normalized spacial score (nSPS) is 22.3. The monoisotopic (exact) mass is 276 g/mol. The molecular weight excluding hydrogens is 252 g/mol. The summed E-state index contributed by atoms with van der Waals surface area (Å²) in [6.45, 7) is 5.31. The fourth-order valence-corrected chi connectivity index (χ4v) is 2.57. The Bertz CT molecular complexity index is 448. The highest BCUT2D eigenvalue weighted by molar-refractivity contribution is 5.78. The zero-order chi connectivity index (χ0) is 14.4. The van der Waals surface area contributed by atoms with Gasteiger partial charge in [0.2, 0.25) is 0 Å². The molecule has 1 saturated heterocycles. The van der Waals surface area contributed by atoms with Crippen LogP contribution in [-0.2, 0) is 11.2 Å². The third-order valence-electron chi connectivity index (χ3n) is 3.82. The molecule has 0 bridgehead atoms. The fourth-order valence-electron chi connectivity index (χ4n) is 2.57. The average molecular weight is 276 g/mol. The first kappa shape index (κ1) is 14.9. The lowest BCUT2D eigenvalue weighted by atomic mass is 10.00. The predicted octanol–water partition coefficient (Wildman–Crippen LogP) is 1.88. The average Bonchev–Trinajstić information content (AvgIpc) is 2.48. The molecule has 20 heavy (non-hydrogen) atoms. The van der Waals surface area contributed by atoms with E-state index in [0.29, 0.717) is 6.04 Å². The van der Waals surface area contributed by atoms with Crippen LogP contribution in [0.4, 0.5) is 0 Å². The van der Waals surface area contributed by atoms with Crippen LogP contribution in [0.5, 0.6) is 5.75 Å². The summed E-state index contributed by atoms with van der Waals surface area (Å²) in [6, 6.07) is 8.40. The first-order valence-corrected chi connectivity index (χ1v) is 7.44. The predicted molar refractivity (Wildman–Crippen MR) is 79.9 cm³/mol. The third-order valence-corrected chi connectivity index (χ3v) is 3.82. The summed E-state index contributed by atoms with van der Waals surface area (Å²) in [5, 5.41) is 6.42. The molecule has 1 amide bonds. The number of rotatable bonds is 5. The molecule has 1 aliphatic rings. The lowest BCUT2D eigenvalue weighted by molar-refractivity contribution is -0.124. The second-order valence-electron chi connectivity index (χ2n) is 5.31. The van der Waals surface area contributed by atoms with Gasteiger partial charge in [0.25, 0.3) is 5.91 Å². The molecule has 0 aromatic heterocycles. The van der Waals surface area contributed by atoms with E-state index in [1.165, 1.54) is 0 Å². The van der Waals surface area contributed by atoms with Crippen LogP contribution in [0.15, 0.2) is 24.3 Å². The van der Waals surface area contributed by atoms with Gasteiger partial charge in [-0.1, -0.05) is 25.1 Å². The van der Waals surface area contributed by atoms with Crippen LogP contribution in [0, 0.1) is 0 Å². The molecule has 0 radical (unpaired) electrons. The second-order valence-corrected chi connectivity index (χ2v) is 5.31. The van der Waals surface area contributed by atoms with Crippen LogP contribution >= 0.6 is 0 Å². The molecule has 0 saturated carbocycles. The van der Waals surface area contributed by atoms with E-state index in [1.807, 2.05) is 24.3 Å². The van der Waals surface area contributed by atoms with Crippen molar-refractivity contribution in [2.45, 2.75) is 45.2 Å². The largest absolute Gasteiger partial charge is 0.483 e. The molecule has 4 heteroatoms. The quantitative estimate of drug-likeness (QED) is 0.863. The Morgan fingerprint density at radius 2 is 2.25 bits per heavy atom. The number of ether oxygens (including phenoxy) is 1. The van der Waals surface area contributed by atoms with Gasteiger partial charge in [0.1, 0.15) is 5.75 Å². The SMILES string of the molecule is CCc1ccccc1OCC(=O)NC1CCCNC1C. The van der Waals surface area contributed by atoms with Crippen LogP contribution < -0.4 is 15.4 Å². The summed E-state index contributed by atoms with van der Waals surface area (Å²) in [4.78, 5) is 12.0. The highest BCUT2D eigenvalue weighted by atomic mass is 16.5. The minimum Gasteiger partial charge on any atom is -0.483 e. The summed E-state index contributed by atoms with van der Waals surface area (Å²) < 4.78 is 5.63. The molecule has 4 nitrogen and oxygen atoms in total. The van der Waals surface area contributed by atoms with Gasteiger partial charge in [-0.2, -0.15) is 0 Å². The van der Waals surface area contributed by atoms with Crippen molar-refractivity contribution in [3.8, 4) is 5.75 Å². The van der Waals surface area contributed by atoms with Gasteiger partial charge in [-0.05, 0) is 44.4 Å². The summed E-state index contributed by atoms with van der Waals surface area (Å²) in [5.74, 6) is 0.761. The molecule has 1 aliphatic heterocycles. The van der Waals surface area contributed by atoms with Crippen molar-refractivity contribution in [3.05, 3.63) is 29.8 Å². The van der Waals surface area contributed by atoms with Crippen LogP contribution in [0.25, 0.3) is 0 Å². The minimum atomic E-state index is -0.0449. The van der Waals surface area contributed by atoms with Crippen molar-refractivity contribution in [1.82, 2.24) is 10.6 Å². The van der Waals surface area contributed by atoms with E-state index in [-0.39, 0.29) is 18.6 Å². The Morgan fingerprint density at radius 1 is 1.45 bits per heavy atom. The molecule has 1 aromatic rings. The van der Waals surface area contributed by atoms with Crippen molar-refractivity contribution in [2.24, 2.45) is 0 Å². The van der Waals surface area contributed by atoms with E-state index < -0.39 is 0 Å². The maximum absolute atomic E-state index is 12.0. The molecule has 2 atom stereocenters. The van der Waals surface area contributed by atoms with E-state index in [4.69, 9.17) is 4.74 Å². The Kier molecular flexibility index (Phi) is 5.41. The number of para-hydroxylation sites is 1. The van der Waals surface area contributed by atoms with Crippen molar-refractivity contribution in [2.75, 3.05) is 13.2 Å². The smallest absolute Gasteiger partial charge is 0.258 e. The zero-order valence-electron chi connectivity index (χ0n) is 12.3. The standard InChI is InChI=1S/C16H24N2O2/c1-3-13-7-4-5-9-15(13)20-11-16(19)18-14-8-6-10-17-12(14)2/h4-5,7,9,12,14,17H,3,6,8,10-11H2,1-2H3,(H,18,19). The summed E-state index contributed by atoms with van der Waals surface area (Å²) in [7, 11) is 0. The molecule has 2 N–H and O–H groups in total. The van der Waals surface area contributed by atoms with Gasteiger partial charge >= 0.3 is 0 Å². The van der Waals surface area contributed by atoms with Gasteiger partial charge in [0.05, 0.1) is 0 Å². The van der Waals surface area contributed by atoms with Gasteiger partial charge in [-0.3, -0.25) is 4.79 Å². The maximum Gasteiger partial charge on any atom is 0.258 e. The highest BCUT2D eigenvalue weighted by Crippen LogP contribution is 2.18. The molecular formula is C16H24N2O2. The summed E-state index contributed by atoms with van der Waals surface area (Å²) >= 11 is 0. The molecule has 1 fully saturated rings. The third kappa shape index (κ3) is 3.97. The van der Waals surface area contributed by atoms with Gasteiger partial charge < -0.3 is 15.4 Å². The van der Waals surface area contributed by atoms with Crippen LogP contribution in [0.3, 0.4) is 0 Å². The summed E-state index contributed by atoms with van der Waals surface area (Å²) in [6.07, 6.45) is 3.04. The molecule has 110 valence electrons. The Hall–Kier alpha value is -1.55. The van der Waals surface area contributed by atoms with Crippen molar-refractivity contribution >= 4 is 5.91 Å². The van der Waals surface area contributed by atoms with Gasteiger partial charge in [-0.25, -0.2) is 0 Å². The number of carbonyl (C=O) groups is 1. The van der Waals surface area contributed by atoms with Gasteiger partial charge in [0, 0.05) is 12.1 Å². The number of hydrogen-bond acceptors (Lipinski definition) is 3.